The first kappa shape index (κ1) is 14.7. The molecule has 4 rings (SSSR count). The van der Waals surface area contributed by atoms with E-state index in [1.165, 1.54) is 6.20 Å². The monoisotopic (exact) mass is 432 g/mol. The molecule has 21 heavy (non-hydrogen) atoms. The van der Waals surface area contributed by atoms with Gasteiger partial charge in [-0.15, -0.1) is 0 Å². The largest absolute Gasteiger partial charge is 0.284 e. The van der Waals surface area contributed by atoms with E-state index in [9.17, 15) is 0 Å². The van der Waals surface area contributed by atoms with E-state index >= 15 is 0 Å². The highest BCUT2D eigenvalue weighted by atomic mass is 127. The molecule has 2 aliphatic heterocycles. The zero-order valence-electron chi connectivity index (χ0n) is 10.5. The van der Waals surface area contributed by atoms with E-state index in [0.29, 0.717) is 23.4 Å². The van der Waals surface area contributed by atoms with Crippen molar-refractivity contribution in [2.45, 2.75) is 13.1 Å². The highest BCUT2D eigenvalue weighted by Gasteiger charge is 2.16. The Hall–Kier alpha value is -1.19. The summed E-state index contributed by atoms with van der Waals surface area (Å²) in [5.41, 5.74) is 3.45. The maximum Gasteiger partial charge on any atom is 0.147 e. The van der Waals surface area contributed by atoms with Crippen LogP contribution in [0.5, 0.6) is 0 Å². The minimum atomic E-state index is 0.434. The minimum Gasteiger partial charge on any atom is -0.284 e. The Morgan fingerprint density at radius 1 is 0.952 bits per heavy atom. The Kier molecular flexibility index (Phi) is 4.41. The molecule has 106 valence electrons. The summed E-state index contributed by atoms with van der Waals surface area (Å²) in [6.07, 6.45) is 4.77. The number of hydrogen-bond donors (Lipinski definition) is 0. The van der Waals surface area contributed by atoms with Gasteiger partial charge >= 0.3 is 0 Å². The third-order valence-corrected chi connectivity index (χ3v) is 3.90. The van der Waals surface area contributed by atoms with Gasteiger partial charge in [0.05, 0.1) is 36.9 Å². The molecular formula is C12H7Cl2IN6. The van der Waals surface area contributed by atoms with Crippen LogP contribution in [0.3, 0.4) is 0 Å². The van der Waals surface area contributed by atoms with Gasteiger partial charge in [0, 0.05) is 6.21 Å². The first-order chi connectivity index (χ1) is 10.1. The maximum atomic E-state index is 5.64. The Bertz CT molecular complexity index is 761. The van der Waals surface area contributed by atoms with Crippen LogP contribution in [0.25, 0.3) is 0 Å². The highest BCUT2D eigenvalue weighted by Crippen LogP contribution is 2.19. The second-order valence-corrected chi connectivity index (χ2v) is 5.89. The molecule has 0 atom stereocenters. The zero-order valence-corrected chi connectivity index (χ0v) is 14.1. The Labute approximate surface area is 143 Å². The van der Waals surface area contributed by atoms with E-state index in [0.717, 1.165) is 26.5 Å². The lowest BCUT2D eigenvalue weighted by Crippen LogP contribution is -1.96. The van der Waals surface area contributed by atoms with Crippen molar-refractivity contribution in [1.29, 1.82) is 0 Å². The number of nitrogens with zero attached hydrogens (tertiary/aromatic N) is 6. The van der Waals surface area contributed by atoms with Crippen molar-refractivity contribution in [2.75, 3.05) is 0 Å². The molecule has 0 aromatic carbocycles. The summed E-state index contributed by atoms with van der Waals surface area (Å²) in [6.45, 7) is 1.23. The van der Waals surface area contributed by atoms with E-state index in [1.54, 1.807) is 12.4 Å². The van der Waals surface area contributed by atoms with Crippen LogP contribution in [0.4, 0.5) is 0 Å². The number of aromatic nitrogens is 4. The lowest BCUT2D eigenvalue weighted by molar-refractivity contribution is 0.998. The number of halogens is 3. The average molecular weight is 433 g/mol. The van der Waals surface area contributed by atoms with E-state index in [1.807, 2.05) is 0 Å². The van der Waals surface area contributed by atoms with Crippen LogP contribution in [-0.2, 0) is 13.1 Å². The van der Waals surface area contributed by atoms with Gasteiger partial charge in [0.2, 0.25) is 0 Å². The van der Waals surface area contributed by atoms with Gasteiger partial charge in [0.15, 0.2) is 0 Å². The van der Waals surface area contributed by atoms with Gasteiger partial charge < -0.3 is 0 Å². The molecule has 0 spiro atoms. The fourth-order valence-electron chi connectivity index (χ4n) is 1.76. The Balaban J connectivity index is 0.000000126. The van der Waals surface area contributed by atoms with Crippen LogP contribution < -0.4 is 0 Å². The molecule has 2 aromatic heterocycles. The molecule has 0 bridgehead atoms. The summed E-state index contributed by atoms with van der Waals surface area (Å²) >= 11 is 13.4. The lowest BCUT2D eigenvalue weighted by Gasteiger charge is -1.95. The standard InChI is InChI=1S/C6H3ClIN3.C6H4ClN3/c7-4-2-9-5-3(11-4)1-10-6(5)8;7-6-3-9-4-1-8-2-5(4)10-6/h2H,1H2;1,3H,2H2. The third-order valence-electron chi connectivity index (χ3n) is 2.68. The average Bonchev–Trinajstić information content (AvgIpc) is 3.06. The number of hydrogen-bond acceptors (Lipinski definition) is 6. The van der Waals surface area contributed by atoms with E-state index in [2.05, 4.69) is 52.5 Å². The van der Waals surface area contributed by atoms with Gasteiger partial charge in [0.1, 0.15) is 25.4 Å². The summed E-state index contributed by atoms with van der Waals surface area (Å²) in [5.74, 6) is 0. The van der Waals surface area contributed by atoms with Crippen LogP contribution in [-0.4, -0.2) is 29.9 Å². The Morgan fingerprint density at radius 3 is 2.48 bits per heavy atom. The van der Waals surface area contributed by atoms with Crippen LogP contribution in [0.15, 0.2) is 22.4 Å². The molecule has 0 aliphatic carbocycles. The SMILES string of the molecule is Clc1cnc2c(n1)CN=C2.Clc1cnc2c(n1)CN=C2I. The molecule has 0 saturated carbocycles. The summed E-state index contributed by atoms with van der Waals surface area (Å²) in [6, 6.07) is 0. The van der Waals surface area contributed by atoms with E-state index in [-0.39, 0.29) is 0 Å². The highest BCUT2D eigenvalue weighted by molar-refractivity contribution is 14.1. The molecule has 0 radical (unpaired) electrons. The van der Waals surface area contributed by atoms with Gasteiger partial charge in [0.25, 0.3) is 0 Å². The molecule has 0 fully saturated rings. The maximum absolute atomic E-state index is 5.64. The summed E-state index contributed by atoms with van der Waals surface area (Å²) in [5, 5.41) is 0.870. The molecule has 0 N–H and O–H groups in total. The van der Waals surface area contributed by atoms with E-state index in [4.69, 9.17) is 23.2 Å². The van der Waals surface area contributed by atoms with Crippen molar-refractivity contribution in [3.8, 4) is 0 Å². The molecule has 0 saturated heterocycles. The summed E-state index contributed by atoms with van der Waals surface area (Å²) < 4.78 is 0.918. The lowest BCUT2D eigenvalue weighted by atomic mass is 10.4. The smallest absolute Gasteiger partial charge is 0.147 e. The normalized spacial score (nSPS) is 14.1. The Morgan fingerprint density at radius 2 is 1.67 bits per heavy atom. The molecule has 2 aliphatic rings. The molecular weight excluding hydrogens is 426 g/mol. The van der Waals surface area contributed by atoms with Crippen molar-refractivity contribution in [3.63, 3.8) is 0 Å². The van der Waals surface area contributed by atoms with Gasteiger partial charge in [-0.3, -0.25) is 15.0 Å². The van der Waals surface area contributed by atoms with Crippen LogP contribution in [0.2, 0.25) is 10.3 Å². The quantitative estimate of drug-likeness (QED) is 0.600. The predicted octanol–water partition coefficient (Wildman–Crippen LogP) is 2.89. The first-order valence-electron chi connectivity index (χ1n) is 5.86. The molecule has 4 heterocycles. The van der Waals surface area contributed by atoms with Crippen molar-refractivity contribution in [2.24, 2.45) is 9.98 Å². The van der Waals surface area contributed by atoms with Gasteiger partial charge in [-0.2, -0.15) is 0 Å². The molecule has 9 heteroatoms. The van der Waals surface area contributed by atoms with Crippen molar-refractivity contribution >= 4 is 55.7 Å². The topological polar surface area (TPSA) is 76.3 Å². The minimum absolute atomic E-state index is 0.434. The van der Waals surface area contributed by atoms with Gasteiger partial charge in [-0.05, 0) is 22.6 Å². The predicted molar refractivity (Wildman–Crippen MR) is 89.6 cm³/mol. The molecule has 6 nitrogen and oxygen atoms in total. The first-order valence-corrected chi connectivity index (χ1v) is 7.70. The van der Waals surface area contributed by atoms with Crippen LogP contribution >= 0.6 is 45.8 Å². The second-order valence-electron chi connectivity index (χ2n) is 4.09. The fraction of sp³-hybridized carbons (Fsp3) is 0.167. The van der Waals surface area contributed by atoms with Crippen LogP contribution in [0, 0.1) is 0 Å². The molecule has 0 amide bonds. The summed E-state index contributed by atoms with van der Waals surface area (Å²) in [4.78, 5) is 24.4. The van der Waals surface area contributed by atoms with Crippen LogP contribution in [0.1, 0.15) is 22.8 Å². The third kappa shape index (κ3) is 3.35. The number of rotatable bonds is 0. The summed E-state index contributed by atoms with van der Waals surface area (Å²) in [7, 11) is 0. The van der Waals surface area contributed by atoms with Crippen molar-refractivity contribution in [1.82, 2.24) is 19.9 Å². The zero-order chi connectivity index (χ0) is 14.8. The molecule has 2 aromatic rings. The van der Waals surface area contributed by atoms with Crippen molar-refractivity contribution in [3.05, 3.63) is 45.5 Å². The van der Waals surface area contributed by atoms with E-state index < -0.39 is 0 Å². The second kappa shape index (κ2) is 6.29. The number of aliphatic imine (C=N–C) groups is 2. The van der Waals surface area contributed by atoms with Crippen molar-refractivity contribution < 1.29 is 0 Å². The van der Waals surface area contributed by atoms with Gasteiger partial charge in [-0.1, -0.05) is 23.2 Å². The van der Waals surface area contributed by atoms with Gasteiger partial charge in [-0.25, -0.2) is 15.0 Å². The number of fused-ring (bicyclic) bond motifs is 2. The fourth-order valence-corrected chi connectivity index (χ4v) is 2.68. The molecule has 0 unspecified atom stereocenters.